The molecule has 1 saturated heterocycles. The summed E-state index contributed by atoms with van der Waals surface area (Å²) >= 11 is 0. The molecule has 23 heavy (non-hydrogen) atoms. The fourth-order valence-electron chi connectivity index (χ4n) is 2.16. The molecule has 124 valence electrons. The zero-order valence-electron chi connectivity index (χ0n) is 13.2. The maximum Gasteiger partial charge on any atom is 0.410 e. The number of hydrogen-bond acceptors (Lipinski definition) is 6. The highest BCUT2D eigenvalue weighted by Crippen LogP contribution is 2.28. The molecule has 0 atom stereocenters. The molecular formula is C14H18N4O5. The summed E-state index contributed by atoms with van der Waals surface area (Å²) in [7, 11) is 0. The predicted molar refractivity (Wildman–Crippen MR) is 81.1 cm³/mol. The molecule has 9 nitrogen and oxygen atoms in total. The highest BCUT2D eigenvalue weighted by atomic mass is 16.6. The first-order valence-electron chi connectivity index (χ1n) is 7.06. The summed E-state index contributed by atoms with van der Waals surface area (Å²) in [6, 6.07) is 1.42. The van der Waals surface area contributed by atoms with Crippen LogP contribution in [0.4, 0.5) is 16.2 Å². The van der Waals surface area contributed by atoms with Crippen LogP contribution in [0.5, 0.6) is 0 Å². The smallest absolute Gasteiger partial charge is 0.410 e. The van der Waals surface area contributed by atoms with Gasteiger partial charge in [-0.25, -0.2) is 4.79 Å². The topological polar surface area (TPSA) is 106 Å². The molecule has 2 rings (SSSR count). The van der Waals surface area contributed by atoms with Gasteiger partial charge in [0.25, 0.3) is 0 Å². The number of ether oxygens (including phenoxy) is 1. The quantitative estimate of drug-likeness (QED) is 0.604. The SMILES string of the molecule is CC(C)(C)OC(=O)N1CCN(c2ccncc2[N+](=O)[O-])C(=O)C1. The Bertz CT molecular complexity index is 640. The molecule has 1 aromatic heterocycles. The van der Waals surface area contributed by atoms with Crippen molar-refractivity contribution in [3.05, 3.63) is 28.6 Å². The highest BCUT2D eigenvalue weighted by molar-refractivity contribution is 5.99. The average Bonchev–Trinajstić information content (AvgIpc) is 2.45. The van der Waals surface area contributed by atoms with Gasteiger partial charge in [-0.3, -0.25) is 24.8 Å². The molecule has 0 saturated carbocycles. The van der Waals surface area contributed by atoms with Crippen LogP contribution in [0.25, 0.3) is 0 Å². The lowest BCUT2D eigenvalue weighted by Crippen LogP contribution is -2.53. The number of rotatable bonds is 2. The maximum atomic E-state index is 12.3. The number of carbonyl (C=O) groups is 2. The van der Waals surface area contributed by atoms with E-state index >= 15 is 0 Å². The summed E-state index contributed by atoms with van der Waals surface area (Å²) in [5.41, 5.74) is -0.716. The number of hydrogen-bond donors (Lipinski definition) is 0. The highest BCUT2D eigenvalue weighted by Gasteiger charge is 2.33. The minimum atomic E-state index is -0.652. The summed E-state index contributed by atoms with van der Waals surface area (Å²) in [6.07, 6.45) is 1.91. The molecule has 2 amide bonds. The fourth-order valence-corrected chi connectivity index (χ4v) is 2.16. The molecule has 1 aromatic rings. The zero-order chi connectivity index (χ0) is 17.2. The van der Waals surface area contributed by atoms with Gasteiger partial charge in [-0.15, -0.1) is 0 Å². The minimum Gasteiger partial charge on any atom is -0.444 e. The lowest BCUT2D eigenvalue weighted by Gasteiger charge is -2.34. The van der Waals surface area contributed by atoms with Crippen LogP contribution in [0.3, 0.4) is 0 Å². The van der Waals surface area contributed by atoms with Crippen molar-refractivity contribution in [3.8, 4) is 0 Å². The number of carbonyl (C=O) groups excluding carboxylic acids is 2. The molecule has 0 aromatic carbocycles. The Hall–Kier alpha value is -2.71. The largest absolute Gasteiger partial charge is 0.444 e. The van der Waals surface area contributed by atoms with Gasteiger partial charge in [0.05, 0.1) is 4.92 Å². The second kappa shape index (κ2) is 6.19. The van der Waals surface area contributed by atoms with Crippen molar-refractivity contribution in [3.63, 3.8) is 0 Å². The Labute approximate surface area is 133 Å². The van der Waals surface area contributed by atoms with Crippen LogP contribution < -0.4 is 4.90 Å². The van der Waals surface area contributed by atoms with Crippen molar-refractivity contribution in [1.29, 1.82) is 0 Å². The molecule has 0 unspecified atom stereocenters. The summed E-state index contributed by atoms with van der Waals surface area (Å²) in [6.45, 7) is 5.42. The predicted octanol–water partition coefficient (Wildman–Crippen LogP) is 1.57. The third-order valence-corrected chi connectivity index (χ3v) is 3.14. The Morgan fingerprint density at radius 1 is 1.39 bits per heavy atom. The number of piperazine rings is 1. The maximum absolute atomic E-state index is 12.3. The van der Waals surface area contributed by atoms with Crippen molar-refractivity contribution in [1.82, 2.24) is 9.88 Å². The van der Waals surface area contributed by atoms with Gasteiger partial charge in [0.15, 0.2) is 0 Å². The van der Waals surface area contributed by atoms with E-state index in [1.165, 1.54) is 22.1 Å². The van der Waals surface area contributed by atoms with Gasteiger partial charge < -0.3 is 9.64 Å². The van der Waals surface area contributed by atoms with E-state index in [1.807, 2.05) is 0 Å². The Balaban J connectivity index is 2.13. The van der Waals surface area contributed by atoms with E-state index in [-0.39, 0.29) is 31.0 Å². The van der Waals surface area contributed by atoms with Gasteiger partial charge in [0.1, 0.15) is 24.0 Å². The minimum absolute atomic E-state index is 0.156. The second-order valence-corrected chi connectivity index (χ2v) is 6.07. The van der Waals surface area contributed by atoms with E-state index in [0.717, 1.165) is 6.20 Å². The van der Waals surface area contributed by atoms with Crippen molar-refractivity contribution in [2.45, 2.75) is 26.4 Å². The van der Waals surface area contributed by atoms with Crippen LogP contribution in [0.15, 0.2) is 18.5 Å². The first kappa shape index (κ1) is 16.7. The summed E-state index contributed by atoms with van der Waals surface area (Å²) < 4.78 is 5.23. The van der Waals surface area contributed by atoms with Crippen molar-refractivity contribution >= 4 is 23.4 Å². The summed E-state index contributed by atoms with van der Waals surface area (Å²) in [5, 5.41) is 11.0. The Morgan fingerprint density at radius 2 is 2.09 bits per heavy atom. The first-order valence-corrected chi connectivity index (χ1v) is 7.06. The molecule has 0 N–H and O–H groups in total. The number of nitrogens with zero attached hydrogens (tertiary/aromatic N) is 4. The Morgan fingerprint density at radius 3 is 2.65 bits per heavy atom. The average molecular weight is 322 g/mol. The van der Waals surface area contributed by atoms with E-state index in [4.69, 9.17) is 4.74 Å². The summed E-state index contributed by atoms with van der Waals surface area (Å²) in [4.78, 5) is 41.0. The normalized spacial score (nSPS) is 15.5. The Kier molecular flexibility index (Phi) is 4.48. The van der Waals surface area contributed by atoms with Crippen LogP contribution in [0.1, 0.15) is 20.8 Å². The van der Waals surface area contributed by atoms with Gasteiger partial charge in [0, 0.05) is 19.3 Å². The molecule has 0 radical (unpaired) electrons. The monoisotopic (exact) mass is 322 g/mol. The number of anilines is 1. The van der Waals surface area contributed by atoms with E-state index < -0.39 is 22.5 Å². The van der Waals surface area contributed by atoms with Gasteiger partial charge >= 0.3 is 11.8 Å². The molecule has 2 heterocycles. The van der Waals surface area contributed by atoms with Gasteiger partial charge in [-0.05, 0) is 26.8 Å². The molecule has 0 aliphatic carbocycles. The van der Waals surface area contributed by atoms with Crippen LogP contribution in [-0.2, 0) is 9.53 Å². The fraction of sp³-hybridized carbons (Fsp3) is 0.500. The van der Waals surface area contributed by atoms with Gasteiger partial charge in [0.2, 0.25) is 5.91 Å². The van der Waals surface area contributed by atoms with Crippen LogP contribution in [0, 0.1) is 10.1 Å². The molecule has 1 aliphatic heterocycles. The standard InChI is InChI=1S/C14H18N4O5/c1-14(2,3)23-13(20)16-6-7-17(12(19)9-16)10-4-5-15-8-11(10)18(21)22/h4-5,8H,6-7,9H2,1-3H3. The second-order valence-electron chi connectivity index (χ2n) is 6.07. The van der Waals surface area contributed by atoms with Gasteiger partial charge in [-0.2, -0.15) is 0 Å². The molecular weight excluding hydrogens is 304 g/mol. The number of amides is 2. The molecule has 0 bridgehead atoms. The van der Waals surface area contributed by atoms with Crippen molar-refractivity contribution in [2.75, 3.05) is 24.5 Å². The number of nitro groups is 1. The van der Waals surface area contributed by atoms with E-state index in [0.29, 0.717) is 0 Å². The first-order chi connectivity index (χ1) is 10.7. The van der Waals surface area contributed by atoms with Crippen LogP contribution in [0.2, 0.25) is 0 Å². The van der Waals surface area contributed by atoms with E-state index in [9.17, 15) is 19.7 Å². The molecule has 1 aliphatic rings. The summed E-state index contributed by atoms with van der Waals surface area (Å²) in [5.74, 6) is -0.406. The van der Waals surface area contributed by atoms with Gasteiger partial charge in [-0.1, -0.05) is 0 Å². The molecule has 1 fully saturated rings. The molecule has 9 heteroatoms. The molecule has 0 spiro atoms. The van der Waals surface area contributed by atoms with E-state index in [2.05, 4.69) is 4.98 Å². The lowest BCUT2D eigenvalue weighted by molar-refractivity contribution is -0.384. The van der Waals surface area contributed by atoms with Crippen molar-refractivity contribution in [2.24, 2.45) is 0 Å². The van der Waals surface area contributed by atoms with Crippen molar-refractivity contribution < 1.29 is 19.2 Å². The lowest BCUT2D eigenvalue weighted by atomic mass is 10.2. The van der Waals surface area contributed by atoms with E-state index in [1.54, 1.807) is 20.8 Å². The third kappa shape index (κ3) is 3.93. The third-order valence-electron chi connectivity index (χ3n) is 3.14. The number of aromatic nitrogens is 1. The zero-order valence-corrected chi connectivity index (χ0v) is 13.2. The van der Waals surface area contributed by atoms with Crippen LogP contribution >= 0.6 is 0 Å². The number of pyridine rings is 1. The van der Waals surface area contributed by atoms with Crippen LogP contribution in [-0.4, -0.2) is 52.0 Å².